The van der Waals surface area contributed by atoms with Gasteiger partial charge in [0, 0.05) is 55.4 Å². The Balaban J connectivity index is 0.00000413. The maximum Gasteiger partial charge on any atom is 0.265 e. The number of carbonyl (C=O) groups excluding carboxylic acids is 2. The zero-order chi connectivity index (χ0) is 35.9. The van der Waals surface area contributed by atoms with Gasteiger partial charge in [0.2, 0.25) is 6.79 Å². The standard InChI is InChI=1S/C43H38N4O6.ClH/c48-34-15-13-32(14-16-34)47(31-10-2-1-3-11-31)43(50)37-23-39(45-17-7-6-12-38(37)45)35-24-40-41(53-28-52-40)25-36(35)42(49)46-26-30-9-5-4-8-29(30)22-33(46)27-44-18-20-51-21-19-44;/h1-17,23-25,33,48H,18-22,26-28H2;1H/t33-;/m0./s1. The number of hydrogen-bond acceptors (Lipinski definition) is 7. The van der Waals surface area contributed by atoms with E-state index in [1.165, 1.54) is 5.56 Å². The summed E-state index contributed by atoms with van der Waals surface area (Å²) >= 11 is 0. The van der Waals surface area contributed by atoms with Crippen LogP contribution >= 0.6 is 12.4 Å². The first kappa shape index (κ1) is 35.2. The van der Waals surface area contributed by atoms with Crippen LogP contribution in [0.3, 0.4) is 0 Å². The lowest BCUT2D eigenvalue weighted by molar-refractivity contribution is 0.0193. The Kier molecular flexibility index (Phi) is 9.72. The summed E-state index contributed by atoms with van der Waals surface area (Å²) in [6.07, 6.45) is 2.66. The van der Waals surface area contributed by atoms with Gasteiger partial charge >= 0.3 is 0 Å². The van der Waals surface area contributed by atoms with E-state index in [0.717, 1.165) is 31.6 Å². The second kappa shape index (κ2) is 14.9. The molecule has 1 saturated heterocycles. The summed E-state index contributed by atoms with van der Waals surface area (Å²) in [6.45, 7) is 4.29. The van der Waals surface area contributed by atoms with Gasteiger partial charge in [0.25, 0.3) is 11.8 Å². The van der Waals surface area contributed by atoms with E-state index < -0.39 is 0 Å². The van der Waals surface area contributed by atoms with Gasteiger partial charge in [0.15, 0.2) is 11.5 Å². The molecule has 2 amide bonds. The number of amides is 2. The maximum atomic E-state index is 15.1. The third-order valence-electron chi connectivity index (χ3n) is 10.4. The molecule has 0 bridgehead atoms. The highest BCUT2D eigenvalue weighted by Crippen LogP contribution is 2.42. The number of nitrogens with zero attached hydrogens (tertiary/aromatic N) is 4. The molecule has 2 aromatic heterocycles. The minimum absolute atomic E-state index is 0. The van der Waals surface area contributed by atoms with E-state index in [0.29, 0.717) is 70.5 Å². The van der Waals surface area contributed by atoms with Crippen molar-refractivity contribution in [3.63, 3.8) is 0 Å². The van der Waals surface area contributed by atoms with Gasteiger partial charge in [-0.1, -0.05) is 48.5 Å². The van der Waals surface area contributed by atoms with E-state index in [4.69, 9.17) is 14.2 Å². The summed E-state index contributed by atoms with van der Waals surface area (Å²) in [5, 5.41) is 10.0. The Bertz CT molecular complexity index is 2320. The van der Waals surface area contributed by atoms with Crippen molar-refractivity contribution in [1.82, 2.24) is 14.2 Å². The van der Waals surface area contributed by atoms with Gasteiger partial charge in [0.1, 0.15) is 5.75 Å². The predicted octanol–water partition coefficient (Wildman–Crippen LogP) is 7.34. The number of fused-ring (bicyclic) bond motifs is 3. The van der Waals surface area contributed by atoms with Gasteiger partial charge in [-0.25, -0.2) is 0 Å². The number of morpholine rings is 1. The molecule has 0 saturated carbocycles. The topological polar surface area (TPSA) is 96.2 Å². The zero-order valence-corrected chi connectivity index (χ0v) is 30.3. The minimum atomic E-state index is -0.260. The molecule has 0 aliphatic carbocycles. The fraction of sp³-hybridized carbons (Fsp3) is 0.209. The average molecular weight is 743 g/mol. The molecule has 5 heterocycles. The van der Waals surface area contributed by atoms with Crippen LogP contribution in [0.4, 0.5) is 11.4 Å². The number of anilines is 2. The number of ether oxygens (including phenoxy) is 3. The van der Waals surface area contributed by atoms with E-state index >= 15 is 4.79 Å². The van der Waals surface area contributed by atoms with E-state index in [1.54, 1.807) is 35.2 Å². The van der Waals surface area contributed by atoms with Gasteiger partial charge in [-0.05, 0) is 84.3 Å². The van der Waals surface area contributed by atoms with Crippen molar-refractivity contribution in [1.29, 1.82) is 0 Å². The quantitative estimate of drug-likeness (QED) is 0.183. The van der Waals surface area contributed by atoms with Crippen molar-refractivity contribution in [3.05, 3.63) is 144 Å². The van der Waals surface area contributed by atoms with Crippen LogP contribution < -0.4 is 14.4 Å². The number of hydrogen-bond donors (Lipinski definition) is 1. The number of aromatic hydroxyl groups is 1. The summed E-state index contributed by atoms with van der Waals surface area (Å²) < 4.78 is 19.3. The molecular formula is C43H39ClN4O6. The van der Waals surface area contributed by atoms with Gasteiger partial charge in [0.05, 0.1) is 35.6 Å². The highest BCUT2D eigenvalue weighted by Gasteiger charge is 2.35. The molecule has 10 nitrogen and oxygen atoms in total. The number of carbonyl (C=O) groups is 2. The van der Waals surface area contributed by atoms with Gasteiger partial charge in [-0.2, -0.15) is 0 Å². The SMILES string of the molecule is Cl.O=C(c1cc(-c2cc3c(cc2C(=O)N2Cc4ccccc4C[C@H]2CN2CCOCC2)OCO3)n2ccccc12)N(c1ccccc1)c1ccc(O)cc1. The molecule has 0 spiro atoms. The average Bonchev–Trinajstić information content (AvgIpc) is 3.83. The van der Waals surface area contributed by atoms with E-state index in [1.807, 2.05) is 82.2 Å². The van der Waals surface area contributed by atoms with Crippen LogP contribution in [0.25, 0.3) is 16.8 Å². The second-order valence-electron chi connectivity index (χ2n) is 13.6. The highest BCUT2D eigenvalue weighted by molar-refractivity contribution is 6.16. The smallest absolute Gasteiger partial charge is 0.265 e. The maximum absolute atomic E-state index is 15.1. The van der Waals surface area contributed by atoms with Crippen molar-refractivity contribution in [2.45, 2.75) is 19.0 Å². The Morgan fingerprint density at radius 1 is 0.759 bits per heavy atom. The minimum Gasteiger partial charge on any atom is -0.508 e. The third kappa shape index (κ3) is 6.53. The summed E-state index contributed by atoms with van der Waals surface area (Å²) in [7, 11) is 0. The lowest BCUT2D eigenvalue weighted by Crippen LogP contribution is -2.52. The van der Waals surface area contributed by atoms with Crippen molar-refractivity contribution >= 4 is 41.1 Å². The van der Waals surface area contributed by atoms with Crippen molar-refractivity contribution in [2.24, 2.45) is 0 Å². The van der Waals surface area contributed by atoms with Crippen LogP contribution in [-0.2, 0) is 17.7 Å². The number of rotatable bonds is 7. The number of aromatic nitrogens is 1. The lowest BCUT2D eigenvalue weighted by Gasteiger charge is -2.40. The van der Waals surface area contributed by atoms with E-state index in [2.05, 4.69) is 23.1 Å². The number of phenolic OH excluding ortho intramolecular Hbond substituents is 1. The molecule has 1 atom stereocenters. The second-order valence-corrected chi connectivity index (χ2v) is 13.6. The zero-order valence-electron chi connectivity index (χ0n) is 29.5. The summed E-state index contributed by atoms with van der Waals surface area (Å²) in [6, 6.07) is 35.5. The number of pyridine rings is 1. The first-order valence-corrected chi connectivity index (χ1v) is 17.9. The van der Waals surface area contributed by atoms with E-state index in [-0.39, 0.29) is 42.8 Å². The Morgan fingerprint density at radius 2 is 1.44 bits per heavy atom. The van der Waals surface area contributed by atoms with Gasteiger partial charge < -0.3 is 28.6 Å². The van der Waals surface area contributed by atoms with Gasteiger partial charge in [-0.3, -0.25) is 19.4 Å². The number of para-hydroxylation sites is 1. The van der Waals surface area contributed by atoms with Crippen LogP contribution in [0.1, 0.15) is 31.8 Å². The molecule has 1 N–H and O–H groups in total. The molecule has 9 rings (SSSR count). The highest BCUT2D eigenvalue weighted by atomic mass is 35.5. The van der Waals surface area contributed by atoms with Crippen LogP contribution in [0, 0.1) is 0 Å². The fourth-order valence-corrected chi connectivity index (χ4v) is 7.77. The Hall–Kier alpha value is -5.81. The Labute approximate surface area is 319 Å². The van der Waals surface area contributed by atoms with Crippen LogP contribution in [0.5, 0.6) is 17.2 Å². The van der Waals surface area contributed by atoms with Gasteiger partial charge in [-0.15, -0.1) is 12.4 Å². The monoisotopic (exact) mass is 742 g/mol. The van der Waals surface area contributed by atoms with Crippen molar-refractivity contribution in [3.8, 4) is 28.5 Å². The van der Waals surface area contributed by atoms with Crippen molar-refractivity contribution in [2.75, 3.05) is 44.5 Å². The molecule has 3 aliphatic rings. The van der Waals surface area contributed by atoms with Crippen LogP contribution in [-0.4, -0.2) is 76.8 Å². The van der Waals surface area contributed by atoms with Crippen LogP contribution in [0.2, 0.25) is 0 Å². The molecule has 54 heavy (non-hydrogen) atoms. The molecule has 274 valence electrons. The Morgan fingerprint density at radius 3 is 2.22 bits per heavy atom. The molecule has 0 unspecified atom stereocenters. The molecule has 6 aromatic rings. The summed E-state index contributed by atoms with van der Waals surface area (Å²) in [5.41, 5.74) is 6.59. The molecule has 0 radical (unpaired) electrons. The molecule has 1 fully saturated rings. The normalized spacial score (nSPS) is 16.4. The largest absolute Gasteiger partial charge is 0.508 e. The van der Waals surface area contributed by atoms with Crippen molar-refractivity contribution < 1.29 is 28.9 Å². The predicted molar refractivity (Wildman–Crippen MR) is 208 cm³/mol. The fourth-order valence-electron chi connectivity index (χ4n) is 7.77. The van der Waals surface area contributed by atoms with Crippen LogP contribution in [0.15, 0.2) is 121 Å². The van der Waals surface area contributed by atoms with E-state index in [9.17, 15) is 9.90 Å². The molecule has 4 aromatic carbocycles. The first-order chi connectivity index (χ1) is 26.0. The first-order valence-electron chi connectivity index (χ1n) is 17.9. The summed E-state index contributed by atoms with van der Waals surface area (Å²) in [4.78, 5) is 36.0. The molecular weight excluding hydrogens is 704 g/mol. The molecule has 3 aliphatic heterocycles. The number of benzene rings is 4. The third-order valence-corrected chi connectivity index (χ3v) is 10.4. The number of phenols is 1. The molecule has 11 heteroatoms. The number of halogens is 1. The lowest BCUT2D eigenvalue weighted by atomic mass is 9.92. The summed E-state index contributed by atoms with van der Waals surface area (Å²) in [5.74, 6) is 0.789.